The molecule has 3 amide bonds. The lowest BCUT2D eigenvalue weighted by molar-refractivity contribution is -0.115. The van der Waals surface area contributed by atoms with Gasteiger partial charge in [-0.05, 0) is 37.5 Å². The molecule has 0 atom stereocenters. The van der Waals surface area contributed by atoms with Crippen molar-refractivity contribution in [2.24, 2.45) is 0 Å². The van der Waals surface area contributed by atoms with Gasteiger partial charge in [-0.15, -0.1) is 0 Å². The van der Waals surface area contributed by atoms with Crippen LogP contribution in [0.1, 0.15) is 48.0 Å². The molecule has 1 aliphatic rings. The van der Waals surface area contributed by atoms with Crippen LogP contribution in [0.5, 0.6) is 0 Å². The van der Waals surface area contributed by atoms with Crippen LogP contribution >= 0.6 is 0 Å². The van der Waals surface area contributed by atoms with Gasteiger partial charge in [-0.2, -0.15) is 0 Å². The normalized spacial score (nSPS) is 14.7. The number of rotatable bonds is 5. The number of carboxylic acid groups (broad SMARTS) is 1. The molecule has 2 rings (SSSR count). The minimum atomic E-state index is -1.06. The van der Waals surface area contributed by atoms with Gasteiger partial charge in [0, 0.05) is 11.7 Å². The Kier molecular flexibility index (Phi) is 6.17. The lowest BCUT2D eigenvalue weighted by atomic mass is 9.96. The second-order valence-corrected chi connectivity index (χ2v) is 6.04. The van der Waals surface area contributed by atoms with Crippen LogP contribution in [-0.2, 0) is 4.79 Å². The first-order valence-electron chi connectivity index (χ1n) is 8.14. The van der Waals surface area contributed by atoms with E-state index in [4.69, 9.17) is 5.11 Å². The summed E-state index contributed by atoms with van der Waals surface area (Å²) in [6.45, 7) is 1.60. The Labute approximate surface area is 140 Å². The van der Waals surface area contributed by atoms with Crippen LogP contribution in [0, 0.1) is 6.92 Å². The molecule has 1 aromatic rings. The van der Waals surface area contributed by atoms with E-state index in [2.05, 4.69) is 16.0 Å². The molecule has 0 saturated heterocycles. The molecule has 1 fully saturated rings. The largest absolute Gasteiger partial charge is 0.478 e. The molecule has 0 radical (unpaired) electrons. The summed E-state index contributed by atoms with van der Waals surface area (Å²) in [5.41, 5.74) is 1.27. The van der Waals surface area contributed by atoms with Gasteiger partial charge >= 0.3 is 12.0 Å². The highest BCUT2D eigenvalue weighted by molar-refractivity contribution is 5.96. The summed E-state index contributed by atoms with van der Waals surface area (Å²) in [4.78, 5) is 34.7. The zero-order valence-corrected chi connectivity index (χ0v) is 13.7. The quantitative estimate of drug-likeness (QED) is 0.663. The van der Waals surface area contributed by atoms with Gasteiger partial charge in [0.05, 0.1) is 12.1 Å². The molecule has 1 aromatic carbocycles. The molecule has 0 bridgehead atoms. The first-order valence-corrected chi connectivity index (χ1v) is 8.14. The average molecular weight is 333 g/mol. The summed E-state index contributed by atoms with van der Waals surface area (Å²) in [5.74, 6) is -1.46. The number of nitrogens with one attached hydrogen (secondary N) is 3. The first kappa shape index (κ1) is 17.8. The summed E-state index contributed by atoms with van der Waals surface area (Å²) < 4.78 is 0. The molecular formula is C17H23N3O4. The van der Waals surface area contributed by atoms with E-state index in [0.29, 0.717) is 5.69 Å². The Morgan fingerprint density at radius 2 is 1.88 bits per heavy atom. The Morgan fingerprint density at radius 1 is 1.17 bits per heavy atom. The molecular weight excluding hydrogens is 310 g/mol. The molecule has 1 saturated carbocycles. The molecule has 0 unspecified atom stereocenters. The summed E-state index contributed by atoms with van der Waals surface area (Å²) >= 11 is 0. The van der Waals surface area contributed by atoms with E-state index in [1.165, 1.54) is 18.6 Å². The van der Waals surface area contributed by atoms with Crippen molar-refractivity contribution in [3.63, 3.8) is 0 Å². The lowest BCUT2D eigenvalue weighted by Crippen LogP contribution is -2.45. The van der Waals surface area contributed by atoms with Crippen molar-refractivity contribution in [1.29, 1.82) is 0 Å². The maximum absolute atomic E-state index is 11.9. The molecule has 130 valence electrons. The average Bonchev–Trinajstić information content (AvgIpc) is 2.56. The topological polar surface area (TPSA) is 108 Å². The zero-order chi connectivity index (χ0) is 17.5. The monoisotopic (exact) mass is 333 g/mol. The third-order valence-electron chi connectivity index (χ3n) is 4.11. The van der Waals surface area contributed by atoms with Gasteiger partial charge in [-0.1, -0.05) is 25.3 Å². The van der Waals surface area contributed by atoms with E-state index >= 15 is 0 Å². The SMILES string of the molecule is Cc1ccc(C(=O)O)cc1NC(=O)CNC(=O)NC1CCCCC1. The Balaban J connectivity index is 1.81. The number of carboxylic acids is 1. The van der Waals surface area contributed by atoms with E-state index in [1.807, 2.05) is 0 Å². The fraction of sp³-hybridized carbons (Fsp3) is 0.471. The number of aromatic carboxylic acids is 1. The molecule has 7 nitrogen and oxygen atoms in total. The van der Waals surface area contributed by atoms with E-state index < -0.39 is 11.9 Å². The van der Waals surface area contributed by atoms with Gasteiger partial charge in [0.2, 0.25) is 5.91 Å². The van der Waals surface area contributed by atoms with Crippen LogP contribution in [-0.4, -0.2) is 35.6 Å². The van der Waals surface area contributed by atoms with E-state index in [9.17, 15) is 14.4 Å². The van der Waals surface area contributed by atoms with Gasteiger partial charge in [0.1, 0.15) is 0 Å². The molecule has 1 aliphatic carbocycles. The number of anilines is 1. The highest BCUT2D eigenvalue weighted by atomic mass is 16.4. The Hall–Kier alpha value is -2.57. The number of hydrogen-bond donors (Lipinski definition) is 4. The van der Waals surface area contributed by atoms with E-state index in [0.717, 1.165) is 31.2 Å². The summed E-state index contributed by atoms with van der Waals surface area (Å²) in [6, 6.07) is 4.33. The highest BCUT2D eigenvalue weighted by Crippen LogP contribution is 2.18. The van der Waals surface area contributed by atoms with Crippen LogP contribution in [0.25, 0.3) is 0 Å². The molecule has 0 spiro atoms. The minimum Gasteiger partial charge on any atom is -0.478 e. The van der Waals surface area contributed by atoms with Crippen LogP contribution < -0.4 is 16.0 Å². The third-order valence-corrected chi connectivity index (χ3v) is 4.11. The molecule has 0 heterocycles. The van der Waals surface area contributed by atoms with E-state index in [1.54, 1.807) is 13.0 Å². The predicted molar refractivity (Wildman–Crippen MR) is 90.2 cm³/mol. The van der Waals surface area contributed by atoms with Crippen molar-refractivity contribution < 1.29 is 19.5 Å². The molecule has 0 aliphatic heterocycles. The standard InChI is InChI=1S/C17H23N3O4/c1-11-7-8-12(16(22)23)9-14(11)20-15(21)10-18-17(24)19-13-5-3-2-4-6-13/h7-9,13H,2-6,10H2,1H3,(H,20,21)(H,22,23)(H2,18,19,24). The van der Waals surface area contributed by atoms with Gasteiger partial charge in [0.25, 0.3) is 0 Å². The number of carbonyl (C=O) groups is 3. The van der Waals surface area contributed by atoms with Crippen LogP contribution in [0.15, 0.2) is 18.2 Å². The van der Waals surface area contributed by atoms with Crippen LogP contribution in [0.3, 0.4) is 0 Å². The molecule has 24 heavy (non-hydrogen) atoms. The Morgan fingerprint density at radius 3 is 2.54 bits per heavy atom. The number of urea groups is 1. The highest BCUT2D eigenvalue weighted by Gasteiger charge is 2.16. The first-order chi connectivity index (χ1) is 11.5. The minimum absolute atomic E-state index is 0.0962. The van der Waals surface area contributed by atoms with Crippen molar-refractivity contribution in [1.82, 2.24) is 10.6 Å². The van der Waals surface area contributed by atoms with Crippen LogP contribution in [0.4, 0.5) is 10.5 Å². The van der Waals surface area contributed by atoms with Crippen molar-refractivity contribution in [2.45, 2.75) is 45.1 Å². The molecule has 0 aromatic heterocycles. The van der Waals surface area contributed by atoms with Crippen molar-refractivity contribution in [2.75, 3.05) is 11.9 Å². The molecule has 4 N–H and O–H groups in total. The fourth-order valence-corrected chi connectivity index (χ4v) is 2.73. The zero-order valence-electron chi connectivity index (χ0n) is 13.7. The van der Waals surface area contributed by atoms with Gasteiger partial charge in [-0.25, -0.2) is 9.59 Å². The fourth-order valence-electron chi connectivity index (χ4n) is 2.73. The van der Waals surface area contributed by atoms with E-state index in [-0.39, 0.29) is 24.2 Å². The van der Waals surface area contributed by atoms with Crippen LogP contribution in [0.2, 0.25) is 0 Å². The molecule has 7 heteroatoms. The van der Waals surface area contributed by atoms with Gasteiger partial charge in [0.15, 0.2) is 0 Å². The number of carbonyl (C=O) groups excluding carboxylic acids is 2. The number of amides is 3. The lowest BCUT2D eigenvalue weighted by Gasteiger charge is -2.22. The number of aryl methyl sites for hydroxylation is 1. The summed E-state index contributed by atoms with van der Waals surface area (Å²) in [6.07, 6.45) is 5.38. The van der Waals surface area contributed by atoms with Crippen molar-refractivity contribution in [3.8, 4) is 0 Å². The number of hydrogen-bond acceptors (Lipinski definition) is 3. The second-order valence-electron chi connectivity index (χ2n) is 6.04. The second kappa shape index (κ2) is 8.33. The van der Waals surface area contributed by atoms with Crippen molar-refractivity contribution in [3.05, 3.63) is 29.3 Å². The predicted octanol–water partition coefficient (Wildman–Crippen LogP) is 2.26. The summed E-state index contributed by atoms with van der Waals surface area (Å²) in [5, 5.41) is 17.0. The van der Waals surface area contributed by atoms with Crippen molar-refractivity contribution >= 4 is 23.6 Å². The third kappa shape index (κ3) is 5.26. The maximum atomic E-state index is 11.9. The number of benzene rings is 1. The smallest absolute Gasteiger partial charge is 0.335 e. The Bertz CT molecular complexity index is 624. The summed E-state index contributed by atoms with van der Waals surface area (Å²) in [7, 11) is 0. The van der Waals surface area contributed by atoms with Gasteiger partial charge < -0.3 is 21.1 Å². The van der Waals surface area contributed by atoms with Gasteiger partial charge in [-0.3, -0.25) is 4.79 Å². The maximum Gasteiger partial charge on any atom is 0.335 e.